The molecule has 0 radical (unpaired) electrons. The molecule has 0 aliphatic carbocycles. The van der Waals surface area contributed by atoms with E-state index in [0.717, 1.165) is 19.6 Å². The molecule has 0 aliphatic heterocycles. The molecule has 1 aromatic heterocycles. The van der Waals surface area contributed by atoms with Crippen LogP contribution in [0.5, 0.6) is 0 Å². The van der Waals surface area contributed by atoms with Crippen LogP contribution in [0, 0.1) is 0 Å². The van der Waals surface area contributed by atoms with Crippen LogP contribution in [0.3, 0.4) is 0 Å². The molecule has 108 valence electrons. The lowest BCUT2D eigenvalue weighted by molar-refractivity contribution is 0.144. The fourth-order valence-corrected chi connectivity index (χ4v) is 3.22. The fourth-order valence-electron chi connectivity index (χ4n) is 2.47. The van der Waals surface area contributed by atoms with Crippen molar-refractivity contribution in [2.75, 3.05) is 19.7 Å². The molecule has 0 aliphatic rings. The number of aliphatic hydroxyl groups excluding tert-OH is 1. The van der Waals surface area contributed by atoms with E-state index in [0.29, 0.717) is 0 Å². The molecule has 20 heavy (non-hydrogen) atoms. The second kappa shape index (κ2) is 7.02. The summed E-state index contributed by atoms with van der Waals surface area (Å²) in [5.41, 5.74) is 0.987. The van der Waals surface area contributed by atoms with Gasteiger partial charge in [-0.1, -0.05) is 50.2 Å². The zero-order chi connectivity index (χ0) is 14.4. The van der Waals surface area contributed by atoms with E-state index >= 15 is 0 Å². The smallest absolute Gasteiger partial charge is 0.0537 e. The highest BCUT2D eigenvalue weighted by molar-refractivity contribution is 7.09. The summed E-state index contributed by atoms with van der Waals surface area (Å²) in [6.45, 7) is 7.28. The minimum atomic E-state index is -0.214. The Kier molecular flexibility index (Phi) is 5.35. The van der Waals surface area contributed by atoms with E-state index in [9.17, 15) is 5.11 Å². The van der Waals surface area contributed by atoms with Crippen LogP contribution in [-0.2, 0) is 12.0 Å². The first kappa shape index (κ1) is 15.2. The Morgan fingerprint density at radius 2 is 1.90 bits per heavy atom. The van der Waals surface area contributed by atoms with E-state index < -0.39 is 0 Å². The Hall–Kier alpha value is -1.16. The van der Waals surface area contributed by atoms with Crippen LogP contribution in [-0.4, -0.2) is 29.7 Å². The average molecular weight is 289 g/mol. The van der Waals surface area contributed by atoms with Crippen LogP contribution in [0.25, 0.3) is 0 Å². The quantitative estimate of drug-likeness (QED) is 0.843. The van der Waals surface area contributed by atoms with Gasteiger partial charge < -0.3 is 5.11 Å². The molecule has 2 nitrogen and oxygen atoms in total. The molecule has 0 saturated carbocycles. The summed E-state index contributed by atoms with van der Waals surface area (Å²) in [5, 5.41) is 12.0. The molecule has 0 saturated heterocycles. The highest BCUT2D eigenvalue weighted by Gasteiger charge is 2.28. The van der Waals surface area contributed by atoms with Crippen molar-refractivity contribution >= 4 is 11.3 Å². The van der Waals surface area contributed by atoms with E-state index in [1.165, 1.54) is 10.4 Å². The van der Waals surface area contributed by atoms with Crippen molar-refractivity contribution < 1.29 is 5.11 Å². The molecule has 2 rings (SSSR count). The average Bonchev–Trinajstić information content (AvgIpc) is 3.00. The summed E-state index contributed by atoms with van der Waals surface area (Å²) < 4.78 is 0. The van der Waals surface area contributed by atoms with Crippen molar-refractivity contribution in [3.63, 3.8) is 0 Å². The number of nitrogens with zero attached hydrogens (tertiary/aromatic N) is 1. The number of thiophene rings is 1. The highest BCUT2D eigenvalue weighted by atomic mass is 32.1. The molecular weight excluding hydrogens is 266 g/mol. The first-order valence-corrected chi connectivity index (χ1v) is 7.97. The second-order valence-electron chi connectivity index (χ2n) is 5.47. The summed E-state index contributed by atoms with van der Waals surface area (Å²) in [7, 11) is 0. The third-order valence-corrected chi connectivity index (χ3v) is 4.66. The zero-order valence-corrected chi connectivity index (χ0v) is 13.1. The Morgan fingerprint density at radius 1 is 1.15 bits per heavy atom. The van der Waals surface area contributed by atoms with Gasteiger partial charge in [-0.25, -0.2) is 0 Å². The van der Waals surface area contributed by atoms with E-state index in [1.54, 1.807) is 11.3 Å². The van der Waals surface area contributed by atoms with Crippen LogP contribution < -0.4 is 0 Å². The van der Waals surface area contributed by atoms with Gasteiger partial charge in [0.2, 0.25) is 0 Å². The zero-order valence-electron chi connectivity index (χ0n) is 12.2. The number of hydrogen-bond donors (Lipinski definition) is 1. The maximum atomic E-state index is 9.89. The minimum absolute atomic E-state index is 0.165. The monoisotopic (exact) mass is 289 g/mol. The maximum absolute atomic E-state index is 9.89. The molecule has 0 bridgehead atoms. The largest absolute Gasteiger partial charge is 0.395 e. The number of rotatable bonds is 7. The van der Waals surface area contributed by atoms with Crippen molar-refractivity contribution in [3.05, 3.63) is 58.3 Å². The van der Waals surface area contributed by atoms with Crippen LogP contribution in [0.2, 0.25) is 0 Å². The normalized spacial score (nSPS) is 14.4. The molecule has 0 amide bonds. The fraction of sp³-hybridized carbons (Fsp3) is 0.412. The van der Waals surface area contributed by atoms with E-state index in [1.807, 2.05) is 18.2 Å². The number of likely N-dealkylation sites (N-methyl/N-ethyl adjacent to an activating group) is 1. The second-order valence-corrected chi connectivity index (χ2v) is 6.50. The molecule has 1 heterocycles. The topological polar surface area (TPSA) is 23.5 Å². The van der Waals surface area contributed by atoms with Crippen molar-refractivity contribution in [1.82, 2.24) is 4.90 Å². The lowest BCUT2D eigenvalue weighted by Gasteiger charge is -2.34. The van der Waals surface area contributed by atoms with Gasteiger partial charge in [-0.05, 0) is 23.6 Å². The Bertz CT molecular complexity index is 497. The van der Waals surface area contributed by atoms with Crippen LogP contribution in [0.4, 0.5) is 0 Å². The molecule has 1 atom stereocenters. The van der Waals surface area contributed by atoms with Gasteiger partial charge in [0, 0.05) is 23.4 Å². The number of aliphatic hydroxyl groups is 1. The van der Waals surface area contributed by atoms with Gasteiger partial charge in [-0.15, -0.1) is 11.3 Å². The van der Waals surface area contributed by atoms with Crippen molar-refractivity contribution in [1.29, 1.82) is 0 Å². The molecular formula is C17H23NOS. The highest BCUT2D eigenvalue weighted by Crippen LogP contribution is 2.25. The van der Waals surface area contributed by atoms with Crippen LogP contribution in [0.15, 0.2) is 47.8 Å². The van der Waals surface area contributed by atoms with Gasteiger partial charge in [0.15, 0.2) is 0 Å². The van der Waals surface area contributed by atoms with Gasteiger partial charge in [0.05, 0.1) is 6.61 Å². The van der Waals surface area contributed by atoms with Crippen molar-refractivity contribution in [2.45, 2.75) is 25.8 Å². The van der Waals surface area contributed by atoms with Crippen LogP contribution >= 0.6 is 11.3 Å². The lowest BCUT2D eigenvalue weighted by Crippen LogP contribution is -2.41. The maximum Gasteiger partial charge on any atom is 0.0537 e. The Labute approximate surface area is 125 Å². The van der Waals surface area contributed by atoms with Gasteiger partial charge in [0.1, 0.15) is 0 Å². The van der Waals surface area contributed by atoms with Gasteiger partial charge >= 0.3 is 0 Å². The molecule has 1 unspecified atom stereocenters. The van der Waals surface area contributed by atoms with Gasteiger partial charge in [-0.2, -0.15) is 0 Å². The molecule has 0 fully saturated rings. The summed E-state index contributed by atoms with van der Waals surface area (Å²) in [5.74, 6) is 0. The summed E-state index contributed by atoms with van der Waals surface area (Å²) >= 11 is 1.79. The van der Waals surface area contributed by atoms with E-state index in [-0.39, 0.29) is 12.0 Å². The van der Waals surface area contributed by atoms with E-state index in [2.05, 4.69) is 48.4 Å². The van der Waals surface area contributed by atoms with Gasteiger partial charge in [0.25, 0.3) is 0 Å². The number of benzene rings is 1. The molecule has 2 aromatic rings. The Morgan fingerprint density at radius 3 is 2.45 bits per heavy atom. The standard InChI is InChI=1S/C17H23NOS/c1-3-18(12-16-10-7-11-20-16)13-17(2,14-19)15-8-5-4-6-9-15/h4-11,19H,3,12-14H2,1-2H3. The first-order valence-electron chi connectivity index (χ1n) is 7.09. The first-order chi connectivity index (χ1) is 9.68. The third kappa shape index (κ3) is 3.69. The van der Waals surface area contributed by atoms with Crippen LogP contribution in [0.1, 0.15) is 24.3 Å². The minimum Gasteiger partial charge on any atom is -0.395 e. The summed E-state index contributed by atoms with van der Waals surface area (Å²) in [6.07, 6.45) is 0. The van der Waals surface area contributed by atoms with Crippen molar-refractivity contribution in [3.8, 4) is 0 Å². The predicted molar refractivity (Wildman–Crippen MR) is 86.1 cm³/mol. The third-order valence-electron chi connectivity index (χ3n) is 3.80. The molecule has 0 spiro atoms. The summed E-state index contributed by atoms with van der Waals surface area (Å²) in [4.78, 5) is 3.77. The van der Waals surface area contributed by atoms with Crippen molar-refractivity contribution in [2.24, 2.45) is 0 Å². The lowest BCUT2D eigenvalue weighted by atomic mass is 9.82. The SMILES string of the molecule is CCN(Cc1cccs1)CC(C)(CO)c1ccccc1. The van der Waals surface area contributed by atoms with E-state index in [4.69, 9.17) is 0 Å². The predicted octanol–water partition coefficient (Wildman–Crippen LogP) is 3.52. The number of hydrogen-bond acceptors (Lipinski definition) is 3. The molecule has 1 aromatic carbocycles. The molecule has 3 heteroatoms. The molecule has 1 N–H and O–H groups in total. The van der Waals surface area contributed by atoms with Gasteiger partial charge in [-0.3, -0.25) is 4.90 Å². The summed E-state index contributed by atoms with van der Waals surface area (Å²) in [6, 6.07) is 14.6. The Balaban J connectivity index is 2.11.